The van der Waals surface area contributed by atoms with E-state index in [4.69, 9.17) is 0 Å². The molecule has 0 amide bonds. The monoisotopic (exact) mass is 280 g/mol. The van der Waals surface area contributed by atoms with Crippen LogP contribution in [0.4, 0.5) is 5.82 Å². The molecule has 6 heteroatoms. The maximum absolute atomic E-state index is 9.65. The lowest BCUT2D eigenvalue weighted by molar-refractivity contribution is 0.450. The number of benzene rings is 2. The molecule has 104 valence electrons. The van der Waals surface area contributed by atoms with E-state index in [1.165, 1.54) is 18.3 Å². The van der Waals surface area contributed by atoms with E-state index in [1.54, 1.807) is 12.3 Å². The zero-order chi connectivity index (χ0) is 14.7. The van der Waals surface area contributed by atoms with E-state index >= 15 is 0 Å². The van der Waals surface area contributed by atoms with Gasteiger partial charge in [0.2, 0.25) is 0 Å². The van der Waals surface area contributed by atoms with Gasteiger partial charge < -0.3 is 10.2 Å². The SMILES string of the molecule is Oc1ccc(/C=N\Nc2nncc3ccccc23)c(O)c1. The maximum atomic E-state index is 9.65. The number of hydrazone groups is 1. The van der Waals surface area contributed by atoms with E-state index in [2.05, 4.69) is 20.7 Å². The highest BCUT2D eigenvalue weighted by molar-refractivity contribution is 5.91. The molecule has 3 N–H and O–H groups in total. The minimum absolute atomic E-state index is 0.00229. The molecule has 0 fully saturated rings. The number of phenolic OH excluding ortho intramolecular Hbond substituents is 2. The third-order valence-electron chi connectivity index (χ3n) is 2.96. The number of nitrogens with one attached hydrogen (secondary N) is 1. The summed E-state index contributed by atoms with van der Waals surface area (Å²) < 4.78 is 0. The first-order chi connectivity index (χ1) is 10.2. The fourth-order valence-electron chi connectivity index (χ4n) is 1.91. The summed E-state index contributed by atoms with van der Waals surface area (Å²) in [6, 6.07) is 12.0. The van der Waals surface area contributed by atoms with E-state index in [0.717, 1.165) is 10.8 Å². The molecule has 1 heterocycles. The van der Waals surface area contributed by atoms with Gasteiger partial charge in [-0.3, -0.25) is 5.43 Å². The van der Waals surface area contributed by atoms with Crippen molar-refractivity contribution in [2.75, 3.05) is 5.43 Å². The fourth-order valence-corrected chi connectivity index (χ4v) is 1.91. The number of aromatic hydroxyl groups is 2. The summed E-state index contributed by atoms with van der Waals surface area (Å²) in [6.07, 6.45) is 3.12. The van der Waals surface area contributed by atoms with Gasteiger partial charge in [-0.05, 0) is 12.1 Å². The summed E-state index contributed by atoms with van der Waals surface area (Å²) in [7, 11) is 0. The number of aromatic nitrogens is 2. The molecule has 0 radical (unpaired) electrons. The fraction of sp³-hybridized carbons (Fsp3) is 0. The minimum Gasteiger partial charge on any atom is -0.508 e. The van der Waals surface area contributed by atoms with Gasteiger partial charge in [-0.15, -0.1) is 5.10 Å². The van der Waals surface area contributed by atoms with E-state index in [-0.39, 0.29) is 11.5 Å². The maximum Gasteiger partial charge on any atom is 0.176 e. The van der Waals surface area contributed by atoms with E-state index in [1.807, 2.05) is 24.3 Å². The van der Waals surface area contributed by atoms with Crippen LogP contribution < -0.4 is 5.43 Å². The van der Waals surface area contributed by atoms with Gasteiger partial charge in [0.1, 0.15) is 11.5 Å². The van der Waals surface area contributed by atoms with Crippen molar-refractivity contribution in [1.82, 2.24) is 10.2 Å². The molecule has 0 aliphatic rings. The van der Waals surface area contributed by atoms with Crippen molar-refractivity contribution in [2.45, 2.75) is 0 Å². The Labute approximate surface area is 120 Å². The van der Waals surface area contributed by atoms with E-state index < -0.39 is 0 Å². The smallest absolute Gasteiger partial charge is 0.176 e. The van der Waals surface area contributed by atoms with Crippen LogP contribution in [-0.4, -0.2) is 26.6 Å². The lowest BCUT2D eigenvalue weighted by atomic mass is 10.2. The van der Waals surface area contributed by atoms with Crippen LogP contribution in [0.1, 0.15) is 5.56 Å². The molecule has 2 aromatic carbocycles. The Morgan fingerprint density at radius 3 is 2.81 bits per heavy atom. The molecule has 1 aromatic heterocycles. The average molecular weight is 280 g/mol. The summed E-state index contributed by atoms with van der Waals surface area (Å²) in [4.78, 5) is 0. The normalized spacial score (nSPS) is 11.0. The molecule has 6 nitrogen and oxygen atoms in total. The van der Waals surface area contributed by atoms with Crippen molar-refractivity contribution < 1.29 is 10.2 Å². The molecule has 0 aliphatic carbocycles. The van der Waals surface area contributed by atoms with E-state index in [9.17, 15) is 10.2 Å². The number of phenols is 2. The van der Waals surface area contributed by atoms with Crippen molar-refractivity contribution in [3.63, 3.8) is 0 Å². The minimum atomic E-state index is -0.0513. The molecule has 0 unspecified atom stereocenters. The van der Waals surface area contributed by atoms with Crippen LogP contribution in [0.5, 0.6) is 11.5 Å². The van der Waals surface area contributed by atoms with E-state index in [0.29, 0.717) is 11.4 Å². The highest BCUT2D eigenvalue weighted by Gasteiger charge is 2.02. The number of anilines is 1. The molecule has 3 rings (SSSR count). The second-order valence-corrected chi connectivity index (χ2v) is 4.39. The topological polar surface area (TPSA) is 90.6 Å². The van der Waals surface area contributed by atoms with Crippen LogP contribution in [0.25, 0.3) is 10.8 Å². The molecule has 3 aromatic rings. The zero-order valence-corrected chi connectivity index (χ0v) is 10.9. The number of fused-ring (bicyclic) bond motifs is 1. The average Bonchev–Trinajstić information content (AvgIpc) is 2.50. The Hall–Kier alpha value is -3.15. The molecule has 0 spiro atoms. The standard InChI is InChI=1S/C15H12N4O2/c20-12-6-5-11(14(21)7-12)9-17-19-15-13-4-2-1-3-10(13)8-16-18-15/h1-9,20-21H,(H,18,19)/b17-9-. The summed E-state index contributed by atoms with van der Waals surface area (Å²) in [5, 5.41) is 32.7. The van der Waals surface area contributed by atoms with Crippen LogP contribution in [0, 0.1) is 0 Å². The van der Waals surface area contributed by atoms with Gasteiger partial charge in [0.25, 0.3) is 0 Å². The Morgan fingerprint density at radius 2 is 1.95 bits per heavy atom. The third kappa shape index (κ3) is 2.74. The Bertz CT molecular complexity index is 812. The van der Waals surface area contributed by atoms with Crippen LogP contribution in [0.15, 0.2) is 53.8 Å². The Morgan fingerprint density at radius 1 is 1.10 bits per heavy atom. The van der Waals surface area contributed by atoms with Crippen LogP contribution in [-0.2, 0) is 0 Å². The van der Waals surface area contributed by atoms with Crippen LogP contribution >= 0.6 is 0 Å². The molecular weight excluding hydrogens is 268 g/mol. The quantitative estimate of drug-likeness (QED) is 0.506. The van der Waals surface area contributed by atoms with Gasteiger partial charge in [0, 0.05) is 22.4 Å². The molecular formula is C15H12N4O2. The van der Waals surface area contributed by atoms with Crippen LogP contribution in [0.3, 0.4) is 0 Å². The molecule has 21 heavy (non-hydrogen) atoms. The number of hydrogen-bond acceptors (Lipinski definition) is 6. The number of hydrogen-bond donors (Lipinski definition) is 3. The predicted octanol–water partition coefficient (Wildman–Crippen LogP) is 2.49. The highest BCUT2D eigenvalue weighted by Crippen LogP contribution is 2.21. The molecule has 0 atom stereocenters. The number of nitrogens with zero attached hydrogens (tertiary/aromatic N) is 3. The van der Waals surface area contributed by atoms with Crippen LogP contribution in [0.2, 0.25) is 0 Å². The molecule has 0 saturated carbocycles. The first-order valence-electron chi connectivity index (χ1n) is 6.25. The largest absolute Gasteiger partial charge is 0.508 e. The molecule has 0 aliphatic heterocycles. The summed E-state index contributed by atoms with van der Waals surface area (Å²) in [5.41, 5.74) is 3.28. The van der Waals surface area contributed by atoms with Crippen molar-refractivity contribution in [1.29, 1.82) is 0 Å². The van der Waals surface area contributed by atoms with Crippen molar-refractivity contribution in [3.8, 4) is 11.5 Å². The first-order valence-corrected chi connectivity index (χ1v) is 6.25. The summed E-state index contributed by atoms with van der Waals surface area (Å²) >= 11 is 0. The predicted molar refractivity (Wildman–Crippen MR) is 80.5 cm³/mol. The molecule has 0 saturated heterocycles. The van der Waals surface area contributed by atoms with Gasteiger partial charge >= 0.3 is 0 Å². The van der Waals surface area contributed by atoms with Gasteiger partial charge in [0.15, 0.2) is 5.82 Å². The Kier molecular flexibility index (Phi) is 3.34. The Balaban J connectivity index is 1.84. The van der Waals surface area contributed by atoms with Gasteiger partial charge in [0.05, 0.1) is 12.4 Å². The second-order valence-electron chi connectivity index (χ2n) is 4.39. The zero-order valence-electron chi connectivity index (χ0n) is 10.9. The number of rotatable bonds is 3. The lowest BCUT2D eigenvalue weighted by Gasteiger charge is -2.03. The van der Waals surface area contributed by atoms with Crippen molar-refractivity contribution in [2.24, 2.45) is 5.10 Å². The summed E-state index contributed by atoms with van der Waals surface area (Å²) in [5.74, 6) is 0.477. The van der Waals surface area contributed by atoms with Crippen molar-refractivity contribution >= 4 is 22.8 Å². The second kappa shape index (κ2) is 5.46. The third-order valence-corrected chi connectivity index (χ3v) is 2.96. The highest BCUT2D eigenvalue weighted by atomic mass is 16.3. The van der Waals surface area contributed by atoms with Crippen molar-refractivity contribution in [3.05, 3.63) is 54.2 Å². The van der Waals surface area contributed by atoms with Gasteiger partial charge in [-0.25, -0.2) is 0 Å². The first kappa shape index (κ1) is 12.9. The summed E-state index contributed by atoms with van der Waals surface area (Å²) in [6.45, 7) is 0. The van der Waals surface area contributed by atoms with Gasteiger partial charge in [-0.2, -0.15) is 10.2 Å². The van der Waals surface area contributed by atoms with Gasteiger partial charge in [-0.1, -0.05) is 24.3 Å². The molecule has 0 bridgehead atoms. The lowest BCUT2D eigenvalue weighted by Crippen LogP contribution is -1.96.